The Morgan fingerprint density at radius 1 is 0.348 bits per heavy atom. The third-order valence-electron chi connectivity index (χ3n) is 4.86. The van der Waals surface area contributed by atoms with Gasteiger partial charge in [-0.3, -0.25) is 0 Å². The van der Waals surface area contributed by atoms with Gasteiger partial charge in [0.25, 0.3) is 0 Å². The standard InChI is InChI=1S/C22H47S/c1-4-7-10-13-14-15-16-19-22-23(20-17-11-8-5-2)21-18-12-9-6-3/h4-22H2,1-3H3/q+1. The fourth-order valence-electron chi connectivity index (χ4n) is 3.21. The predicted molar refractivity (Wildman–Crippen MR) is 113 cm³/mol. The third-order valence-corrected chi connectivity index (χ3v) is 7.46. The summed E-state index contributed by atoms with van der Waals surface area (Å²) in [5.74, 6) is 4.64. The topological polar surface area (TPSA) is 0 Å². The monoisotopic (exact) mass is 343 g/mol. The Kier molecular flexibility index (Phi) is 20.7. The average molecular weight is 344 g/mol. The first kappa shape index (κ1) is 23.4. The summed E-state index contributed by atoms with van der Waals surface area (Å²) < 4.78 is 0. The fourth-order valence-corrected chi connectivity index (χ4v) is 5.66. The molecule has 0 rings (SSSR count). The lowest BCUT2D eigenvalue weighted by Gasteiger charge is -2.09. The first-order valence-electron chi connectivity index (χ1n) is 11.0. The van der Waals surface area contributed by atoms with Crippen molar-refractivity contribution in [1.82, 2.24) is 0 Å². The molecular formula is C22H47S+. The van der Waals surface area contributed by atoms with Crippen LogP contribution in [-0.4, -0.2) is 17.3 Å². The first-order chi connectivity index (χ1) is 11.3. The quantitative estimate of drug-likeness (QED) is 0.165. The van der Waals surface area contributed by atoms with Gasteiger partial charge in [-0.25, -0.2) is 0 Å². The number of hydrogen-bond acceptors (Lipinski definition) is 0. The molecule has 0 saturated carbocycles. The number of unbranched alkanes of at least 4 members (excludes halogenated alkanes) is 13. The minimum absolute atomic E-state index is 0.758. The highest BCUT2D eigenvalue weighted by Gasteiger charge is 2.16. The van der Waals surface area contributed by atoms with Crippen LogP contribution < -0.4 is 0 Å². The van der Waals surface area contributed by atoms with Gasteiger partial charge in [-0.2, -0.15) is 0 Å². The van der Waals surface area contributed by atoms with Gasteiger partial charge in [-0.05, 0) is 49.4 Å². The molecule has 0 aliphatic heterocycles. The van der Waals surface area contributed by atoms with Crippen molar-refractivity contribution >= 4 is 10.9 Å². The molecule has 0 N–H and O–H groups in total. The van der Waals surface area contributed by atoms with Crippen molar-refractivity contribution in [3.05, 3.63) is 0 Å². The molecule has 0 amide bonds. The largest absolute Gasteiger partial charge is 0.108 e. The zero-order valence-electron chi connectivity index (χ0n) is 16.8. The predicted octanol–water partition coefficient (Wildman–Crippen LogP) is 7.91. The van der Waals surface area contributed by atoms with Crippen molar-refractivity contribution in [3.8, 4) is 0 Å². The zero-order chi connectivity index (χ0) is 17.0. The second-order valence-corrected chi connectivity index (χ2v) is 9.77. The first-order valence-corrected chi connectivity index (χ1v) is 12.7. The van der Waals surface area contributed by atoms with E-state index in [1.165, 1.54) is 103 Å². The van der Waals surface area contributed by atoms with Crippen LogP contribution in [0.5, 0.6) is 0 Å². The molecule has 1 heteroatoms. The van der Waals surface area contributed by atoms with E-state index in [1.807, 2.05) is 0 Å². The zero-order valence-corrected chi connectivity index (χ0v) is 17.7. The van der Waals surface area contributed by atoms with Crippen LogP contribution in [0.1, 0.15) is 124 Å². The van der Waals surface area contributed by atoms with Crippen LogP contribution >= 0.6 is 0 Å². The summed E-state index contributed by atoms with van der Waals surface area (Å²) in [6.45, 7) is 6.96. The molecule has 0 aliphatic rings. The van der Waals surface area contributed by atoms with Gasteiger partial charge in [0, 0.05) is 0 Å². The Hall–Kier alpha value is 0.350. The average Bonchev–Trinajstić information content (AvgIpc) is 2.57. The highest BCUT2D eigenvalue weighted by atomic mass is 32.2. The minimum Gasteiger partial charge on any atom is -0.0654 e. The van der Waals surface area contributed by atoms with E-state index in [2.05, 4.69) is 20.8 Å². The smallest absolute Gasteiger partial charge is 0.0654 e. The number of hydrogen-bond donors (Lipinski definition) is 0. The van der Waals surface area contributed by atoms with Gasteiger partial charge in [0.15, 0.2) is 0 Å². The van der Waals surface area contributed by atoms with Gasteiger partial charge in [-0.1, -0.05) is 85.0 Å². The fraction of sp³-hybridized carbons (Fsp3) is 1.00. The van der Waals surface area contributed by atoms with E-state index in [0.29, 0.717) is 0 Å². The second kappa shape index (κ2) is 20.4. The lowest BCUT2D eigenvalue weighted by Crippen LogP contribution is -2.16. The van der Waals surface area contributed by atoms with Gasteiger partial charge in [0.1, 0.15) is 17.3 Å². The summed E-state index contributed by atoms with van der Waals surface area (Å²) in [5.41, 5.74) is 0. The highest BCUT2D eigenvalue weighted by Crippen LogP contribution is 2.14. The molecule has 0 nitrogen and oxygen atoms in total. The van der Waals surface area contributed by atoms with Crippen molar-refractivity contribution < 1.29 is 0 Å². The summed E-state index contributed by atoms with van der Waals surface area (Å²) in [7, 11) is 0.758. The second-order valence-electron chi connectivity index (χ2n) is 7.32. The summed E-state index contributed by atoms with van der Waals surface area (Å²) in [6.07, 6.45) is 23.4. The highest BCUT2D eigenvalue weighted by molar-refractivity contribution is 7.96. The summed E-state index contributed by atoms with van der Waals surface area (Å²) in [5, 5.41) is 0. The maximum atomic E-state index is 2.32. The molecule has 0 radical (unpaired) electrons. The van der Waals surface area contributed by atoms with Gasteiger partial charge >= 0.3 is 0 Å². The van der Waals surface area contributed by atoms with E-state index < -0.39 is 0 Å². The normalized spacial score (nSPS) is 11.5. The molecule has 23 heavy (non-hydrogen) atoms. The number of rotatable bonds is 19. The van der Waals surface area contributed by atoms with Crippen LogP contribution in [-0.2, 0) is 10.9 Å². The van der Waals surface area contributed by atoms with E-state index in [9.17, 15) is 0 Å². The summed E-state index contributed by atoms with van der Waals surface area (Å²) in [6, 6.07) is 0. The molecule has 140 valence electrons. The van der Waals surface area contributed by atoms with E-state index in [4.69, 9.17) is 0 Å². The SMILES string of the molecule is CCCCCCCCCC[S+](CCCCCC)CCCCCC. The van der Waals surface area contributed by atoms with Gasteiger partial charge in [-0.15, -0.1) is 0 Å². The van der Waals surface area contributed by atoms with Crippen molar-refractivity contribution in [2.75, 3.05) is 17.3 Å². The van der Waals surface area contributed by atoms with Crippen molar-refractivity contribution in [2.45, 2.75) is 124 Å². The maximum absolute atomic E-state index is 2.32. The third kappa shape index (κ3) is 18.5. The lowest BCUT2D eigenvalue weighted by atomic mass is 10.1. The van der Waals surface area contributed by atoms with Gasteiger partial charge in [0.05, 0.1) is 0 Å². The molecule has 0 aliphatic carbocycles. The molecule has 0 spiro atoms. The van der Waals surface area contributed by atoms with Crippen LogP contribution in [0.4, 0.5) is 0 Å². The van der Waals surface area contributed by atoms with E-state index >= 15 is 0 Å². The molecular weight excluding hydrogens is 296 g/mol. The Labute approximate surface area is 151 Å². The molecule has 0 saturated heterocycles. The van der Waals surface area contributed by atoms with E-state index in [-0.39, 0.29) is 0 Å². The Balaban J connectivity index is 3.64. The summed E-state index contributed by atoms with van der Waals surface area (Å²) >= 11 is 0. The lowest BCUT2D eigenvalue weighted by molar-refractivity contribution is 0.586. The van der Waals surface area contributed by atoms with E-state index in [0.717, 1.165) is 10.9 Å². The van der Waals surface area contributed by atoms with Crippen LogP contribution in [0.3, 0.4) is 0 Å². The maximum Gasteiger partial charge on any atom is 0.108 e. The Morgan fingerprint density at radius 3 is 0.957 bits per heavy atom. The van der Waals surface area contributed by atoms with Gasteiger partial charge < -0.3 is 0 Å². The minimum atomic E-state index is 0.758. The van der Waals surface area contributed by atoms with Crippen molar-refractivity contribution in [1.29, 1.82) is 0 Å². The van der Waals surface area contributed by atoms with Crippen LogP contribution in [0.25, 0.3) is 0 Å². The van der Waals surface area contributed by atoms with Gasteiger partial charge in [0.2, 0.25) is 0 Å². The molecule has 0 unspecified atom stereocenters. The molecule has 0 fully saturated rings. The molecule has 0 bridgehead atoms. The molecule has 0 atom stereocenters. The van der Waals surface area contributed by atoms with Crippen molar-refractivity contribution in [3.63, 3.8) is 0 Å². The molecule has 0 aromatic carbocycles. The Morgan fingerprint density at radius 2 is 0.609 bits per heavy atom. The van der Waals surface area contributed by atoms with Crippen LogP contribution in [0, 0.1) is 0 Å². The van der Waals surface area contributed by atoms with Crippen LogP contribution in [0.2, 0.25) is 0 Å². The van der Waals surface area contributed by atoms with Crippen molar-refractivity contribution in [2.24, 2.45) is 0 Å². The molecule has 0 heterocycles. The Bertz CT molecular complexity index is 190. The molecule has 0 aromatic heterocycles. The summed E-state index contributed by atoms with van der Waals surface area (Å²) in [4.78, 5) is 0. The van der Waals surface area contributed by atoms with Crippen LogP contribution in [0.15, 0.2) is 0 Å². The van der Waals surface area contributed by atoms with E-state index in [1.54, 1.807) is 17.3 Å². The molecule has 0 aromatic rings.